The number of ether oxygens (including phenoxy) is 1. The van der Waals surface area contributed by atoms with Crippen molar-refractivity contribution < 1.29 is 9.53 Å². The topological polar surface area (TPSA) is 66.0 Å². The second kappa shape index (κ2) is 14.8. The Morgan fingerprint density at radius 3 is 2.44 bits per heavy atom. The van der Waals surface area contributed by atoms with Crippen molar-refractivity contribution in [1.29, 1.82) is 0 Å². The molecule has 1 aliphatic heterocycles. The van der Waals surface area contributed by atoms with E-state index in [1.165, 1.54) is 11.1 Å². The van der Waals surface area contributed by atoms with E-state index in [2.05, 4.69) is 44.8 Å². The zero-order chi connectivity index (χ0) is 21.7. The number of nitrogens with one attached hydrogen (secondary N) is 2. The standard InChI is InChI=1S/C25H34N4O2.HI/c1-2-26-25(28-17-24(30)27-15-13-21-9-5-3-6-10-21)29-16-14-23(18-29)20-31-19-22-11-7-4-8-12-22;/h3-12,23H,2,13-20H2,1H3,(H,26,28)(H,27,30);1H. The predicted molar refractivity (Wildman–Crippen MR) is 140 cm³/mol. The van der Waals surface area contributed by atoms with Crippen LogP contribution in [0.4, 0.5) is 0 Å². The molecule has 0 radical (unpaired) electrons. The number of amides is 1. The molecule has 0 saturated carbocycles. The maximum Gasteiger partial charge on any atom is 0.241 e. The summed E-state index contributed by atoms with van der Waals surface area (Å²) in [7, 11) is 0. The molecule has 1 amide bonds. The van der Waals surface area contributed by atoms with Gasteiger partial charge in [-0.25, -0.2) is 4.99 Å². The van der Waals surface area contributed by atoms with Crippen LogP contribution in [-0.2, 0) is 22.6 Å². The Bertz CT molecular complexity index is 817. The maximum absolute atomic E-state index is 12.2. The third-order valence-corrected chi connectivity index (χ3v) is 5.34. The number of rotatable bonds is 10. The summed E-state index contributed by atoms with van der Waals surface area (Å²) in [6.45, 7) is 6.81. The van der Waals surface area contributed by atoms with E-state index in [4.69, 9.17) is 4.74 Å². The van der Waals surface area contributed by atoms with Crippen molar-refractivity contribution in [2.24, 2.45) is 10.9 Å². The van der Waals surface area contributed by atoms with Crippen molar-refractivity contribution in [1.82, 2.24) is 15.5 Å². The first-order valence-corrected chi connectivity index (χ1v) is 11.2. The van der Waals surface area contributed by atoms with Crippen molar-refractivity contribution in [2.75, 3.05) is 39.3 Å². The number of carbonyl (C=O) groups excluding carboxylic acids is 1. The Kier molecular flexibility index (Phi) is 12.1. The Morgan fingerprint density at radius 1 is 1.06 bits per heavy atom. The van der Waals surface area contributed by atoms with Gasteiger partial charge in [-0.2, -0.15) is 0 Å². The Balaban J connectivity index is 0.00000363. The number of benzene rings is 2. The lowest BCUT2D eigenvalue weighted by molar-refractivity contribution is -0.119. The number of hydrogen-bond acceptors (Lipinski definition) is 3. The number of halogens is 1. The van der Waals surface area contributed by atoms with Crippen molar-refractivity contribution >= 4 is 35.8 Å². The molecular formula is C25H35IN4O2. The van der Waals surface area contributed by atoms with Crippen molar-refractivity contribution in [3.8, 4) is 0 Å². The third kappa shape index (κ3) is 9.16. The van der Waals surface area contributed by atoms with Crippen molar-refractivity contribution in [3.63, 3.8) is 0 Å². The first-order valence-electron chi connectivity index (χ1n) is 11.2. The van der Waals surface area contributed by atoms with E-state index in [0.717, 1.165) is 45.0 Å². The number of aliphatic imine (C=N–C) groups is 1. The molecular weight excluding hydrogens is 515 g/mol. The number of nitrogens with zero attached hydrogens (tertiary/aromatic N) is 2. The summed E-state index contributed by atoms with van der Waals surface area (Å²) in [5, 5.41) is 6.28. The summed E-state index contributed by atoms with van der Waals surface area (Å²) in [6.07, 6.45) is 1.90. The molecule has 1 atom stereocenters. The lowest BCUT2D eigenvalue weighted by Gasteiger charge is -2.21. The van der Waals surface area contributed by atoms with Crippen LogP contribution in [0.5, 0.6) is 0 Å². The lowest BCUT2D eigenvalue weighted by atomic mass is 10.1. The number of guanidine groups is 1. The minimum absolute atomic E-state index is 0. The second-order valence-corrected chi connectivity index (χ2v) is 7.86. The van der Waals surface area contributed by atoms with Gasteiger partial charge in [-0.05, 0) is 30.9 Å². The van der Waals surface area contributed by atoms with Gasteiger partial charge in [0, 0.05) is 32.1 Å². The van der Waals surface area contributed by atoms with Gasteiger partial charge in [0.1, 0.15) is 6.54 Å². The fraction of sp³-hybridized carbons (Fsp3) is 0.440. The largest absolute Gasteiger partial charge is 0.376 e. The van der Waals surface area contributed by atoms with Gasteiger partial charge >= 0.3 is 0 Å². The van der Waals surface area contributed by atoms with E-state index in [9.17, 15) is 4.79 Å². The highest BCUT2D eigenvalue weighted by Crippen LogP contribution is 2.17. The van der Waals surface area contributed by atoms with Gasteiger partial charge in [0.2, 0.25) is 5.91 Å². The fourth-order valence-corrected chi connectivity index (χ4v) is 3.70. The van der Waals surface area contributed by atoms with Gasteiger partial charge in [-0.1, -0.05) is 60.7 Å². The predicted octanol–water partition coefficient (Wildman–Crippen LogP) is 3.47. The molecule has 7 heteroatoms. The maximum atomic E-state index is 12.2. The van der Waals surface area contributed by atoms with Gasteiger partial charge < -0.3 is 20.3 Å². The molecule has 1 saturated heterocycles. The van der Waals surface area contributed by atoms with Gasteiger partial charge in [0.25, 0.3) is 0 Å². The van der Waals surface area contributed by atoms with Crippen LogP contribution in [0.3, 0.4) is 0 Å². The monoisotopic (exact) mass is 550 g/mol. The summed E-state index contributed by atoms with van der Waals surface area (Å²) in [5.41, 5.74) is 2.42. The van der Waals surface area contributed by atoms with E-state index >= 15 is 0 Å². The zero-order valence-corrected chi connectivity index (χ0v) is 21.2. The van der Waals surface area contributed by atoms with Gasteiger partial charge in [0.05, 0.1) is 13.2 Å². The molecule has 32 heavy (non-hydrogen) atoms. The summed E-state index contributed by atoms with van der Waals surface area (Å²) in [5.74, 6) is 1.24. The molecule has 0 aromatic heterocycles. The van der Waals surface area contributed by atoms with Gasteiger partial charge in [-0.15, -0.1) is 24.0 Å². The van der Waals surface area contributed by atoms with Crippen LogP contribution in [0.25, 0.3) is 0 Å². The number of carbonyl (C=O) groups is 1. The molecule has 0 bridgehead atoms. The van der Waals surface area contributed by atoms with Crippen LogP contribution in [-0.4, -0.2) is 56.1 Å². The van der Waals surface area contributed by atoms with E-state index in [-0.39, 0.29) is 36.4 Å². The SMILES string of the molecule is CCNC(=NCC(=O)NCCc1ccccc1)N1CCC(COCc2ccccc2)C1.I. The lowest BCUT2D eigenvalue weighted by Crippen LogP contribution is -2.41. The van der Waals surface area contributed by atoms with E-state index in [1.54, 1.807) is 0 Å². The Labute approximate surface area is 208 Å². The summed E-state index contributed by atoms with van der Waals surface area (Å²) in [6, 6.07) is 20.4. The van der Waals surface area contributed by atoms with Gasteiger partial charge in [-0.3, -0.25) is 4.79 Å². The first-order chi connectivity index (χ1) is 15.2. The normalized spacial score (nSPS) is 15.8. The fourth-order valence-electron chi connectivity index (χ4n) is 3.70. The second-order valence-electron chi connectivity index (χ2n) is 7.86. The average molecular weight is 550 g/mol. The third-order valence-electron chi connectivity index (χ3n) is 5.34. The van der Waals surface area contributed by atoms with Crippen LogP contribution in [0, 0.1) is 5.92 Å². The molecule has 3 rings (SSSR count). The highest BCUT2D eigenvalue weighted by Gasteiger charge is 2.25. The Hall–Kier alpha value is -2.13. The van der Waals surface area contributed by atoms with Crippen molar-refractivity contribution in [2.45, 2.75) is 26.4 Å². The van der Waals surface area contributed by atoms with E-state index < -0.39 is 0 Å². The van der Waals surface area contributed by atoms with Crippen LogP contribution in [0.1, 0.15) is 24.5 Å². The van der Waals surface area contributed by atoms with E-state index in [1.807, 2.05) is 43.3 Å². The molecule has 0 aliphatic carbocycles. The van der Waals surface area contributed by atoms with Crippen LogP contribution >= 0.6 is 24.0 Å². The van der Waals surface area contributed by atoms with Gasteiger partial charge in [0.15, 0.2) is 5.96 Å². The minimum atomic E-state index is -0.0479. The molecule has 2 aromatic rings. The minimum Gasteiger partial charge on any atom is -0.376 e. The molecule has 6 nitrogen and oxygen atoms in total. The molecule has 1 unspecified atom stereocenters. The molecule has 0 spiro atoms. The summed E-state index contributed by atoms with van der Waals surface area (Å²) < 4.78 is 5.92. The van der Waals surface area contributed by atoms with Crippen LogP contribution < -0.4 is 10.6 Å². The smallest absolute Gasteiger partial charge is 0.241 e. The van der Waals surface area contributed by atoms with E-state index in [0.29, 0.717) is 19.1 Å². The molecule has 2 N–H and O–H groups in total. The Morgan fingerprint density at radius 2 is 1.75 bits per heavy atom. The zero-order valence-electron chi connectivity index (χ0n) is 18.8. The summed E-state index contributed by atoms with van der Waals surface area (Å²) >= 11 is 0. The highest BCUT2D eigenvalue weighted by molar-refractivity contribution is 14.0. The summed E-state index contributed by atoms with van der Waals surface area (Å²) in [4.78, 5) is 19.0. The van der Waals surface area contributed by atoms with Crippen molar-refractivity contribution in [3.05, 3.63) is 71.8 Å². The molecule has 2 aromatic carbocycles. The highest BCUT2D eigenvalue weighted by atomic mass is 127. The number of hydrogen-bond donors (Lipinski definition) is 2. The quantitative estimate of drug-likeness (QED) is 0.270. The first kappa shape index (κ1) is 26.1. The van der Waals surface area contributed by atoms with Crippen LogP contribution in [0.2, 0.25) is 0 Å². The molecule has 1 aliphatic rings. The number of likely N-dealkylation sites (tertiary alicyclic amines) is 1. The molecule has 1 fully saturated rings. The van der Waals surface area contributed by atoms with Crippen LogP contribution in [0.15, 0.2) is 65.7 Å². The average Bonchev–Trinajstić information content (AvgIpc) is 3.27. The molecule has 174 valence electrons. The molecule has 1 heterocycles.